The van der Waals surface area contributed by atoms with E-state index in [-0.39, 0.29) is 110 Å². The van der Waals surface area contributed by atoms with Gasteiger partial charge < -0.3 is 29.6 Å². The Morgan fingerprint density at radius 2 is 0.583 bits per heavy atom. The molecule has 0 aromatic rings. The maximum absolute atomic E-state index is 13.0. The summed E-state index contributed by atoms with van der Waals surface area (Å²) in [6.07, 6.45) is 29.0. The zero-order valence-corrected chi connectivity index (χ0v) is 36.0. The Kier molecular flexibility index (Phi) is 43.2. The first kappa shape index (κ1) is 52.2. The molecule has 0 spiro atoms. The first-order valence-electron chi connectivity index (χ1n) is 19.3. The summed E-state index contributed by atoms with van der Waals surface area (Å²) in [4.78, 5) is 51.2. The Hall–Kier alpha value is -0.120. The SMILES string of the molecule is CCCCCCCCCCCCCCC(=O)N(CCC(=O)[O-])CCN(CCC(=O)[O-])C(=O)CCCCCCCCCCCCCC.[Na+].[Na+]. The molecule has 0 unspecified atom stereocenters. The molecule has 0 radical (unpaired) electrons. The number of carboxylic acid groups (broad SMARTS) is 2. The second kappa shape index (κ2) is 39.7. The Morgan fingerprint density at radius 1 is 0.354 bits per heavy atom. The molecular formula is C38H70N2Na2O6. The fourth-order valence-corrected chi connectivity index (χ4v) is 5.97. The van der Waals surface area contributed by atoms with Crippen LogP contribution in [-0.4, -0.2) is 59.7 Å². The maximum Gasteiger partial charge on any atom is 1.00 e. The molecule has 0 saturated carbocycles. The second-order valence-electron chi connectivity index (χ2n) is 13.3. The summed E-state index contributed by atoms with van der Waals surface area (Å²) in [5.41, 5.74) is 0. The molecule has 0 aliphatic rings. The van der Waals surface area contributed by atoms with Gasteiger partial charge in [0.1, 0.15) is 0 Å². The summed E-state index contributed by atoms with van der Waals surface area (Å²) in [5.74, 6) is -2.69. The van der Waals surface area contributed by atoms with Gasteiger partial charge in [0.05, 0.1) is 0 Å². The van der Waals surface area contributed by atoms with Gasteiger partial charge in [-0.2, -0.15) is 0 Å². The van der Waals surface area contributed by atoms with Crippen LogP contribution in [0.25, 0.3) is 0 Å². The number of hydrogen-bond acceptors (Lipinski definition) is 6. The van der Waals surface area contributed by atoms with Gasteiger partial charge in [-0.1, -0.05) is 155 Å². The van der Waals surface area contributed by atoms with Crippen LogP contribution in [0.5, 0.6) is 0 Å². The molecule has 0 aromatic heterocycles. The van der Waals surface area contributed by atoms with Gasteiger partial charge in [0, 0.05) is 63.8 Å². The van der Waals surface area contributed by atoms with Crippen LogP contribution in [0.3, 0.4) is 0 Å². The summed E-state index contributed by atoms with van der Waals surface area (Å²) in [7, 11) is 0. The van der Waals surface area contributed by atoms with E-state index in [1.165, 1.54) is 125 Å². The smallest absolute Gasteiger partial charge is 0.550 e. The maximum atomic E-state index is 13.0. The van der Waals surface area contributed by atoms with Crippen LogP contribution >= 0.6 is 0 Å². The minimum Gasteiger partial charge on any atom is -0.550 e. The third-order valence-corrected chi connectivity index (χ3v) is 9.01. The van der Waals surface area contributed by atoms with Crippen molar-refractivity contribution < 1.29 is 88.5 Å². The number of carboxylic acids is 2. The van der Waals surface area contributed by atoms with Crippen LogP contribution in [0, 0.1) is 0 Å². The summed E-state index contributed by atoms with van der Waals surface area (Å²) in [5, 5.41) is 22.3. The summed E-state index contributed by atoms with van der Waals surface area (Å²) in [6.45, 7) is 4.89. The molecule has 48 heavy (non-hydrogen) atoms. The average molecular weight is 697 g/mol. The number of nitrogens with zero attached hydrogens (tertiary/aromatic N) is 2. The summed E-state index contributed by atoms with van der Waals surface area (Å²) in [6, 6.07) is 0. The van der Waals surface area contributed by atoms with Crippen molar-refractivity contribution in [2.75, 3.05) is 26.2 Å². The van der Waals surface area contributed by atoms with Gasteiger partial charge in [0.2, 0.25) is 11.8 Å². The van der Waals surface area contributed by atoms with E-state index in [4.69, 9.17) is 0 Å². The normalized spacial score (nSPS) is 10.6. The molecule has 0 bridgehead atoms. The van der Waals surface area contributed by atoms with Gasteiger partial charge in [-0.05, 0) is 12.8 Å². The number of hydrogen-bond donors (Lipinski definition) is 0. The van der Waals surface area contributed by atoms with E-state index in [2.05, 4.69) is 13.8 Å². The molecule has 0 fully saturated rings. The molecule has 0 atom stereocenters. The number of carbonyl (C=O) groups excluding carboxylic acids is 4. The van der Waals surface area contributed by atoms with Crippen molar-refractivity contribution >= 4 is 23.8 Å². The van der Waals surface area contributed by atoms with Crippen LogP contribution < -0.4 is 69.3 Å². The predicted molar refractivity (Wildman–Crippen MR) is 184 cm³/mol. The van der Waals surface area contributed by atoms with E-state index >= 15 is 0 Å². The zero-order chi connectivity index (χ0) is 34.1. The Morgan fingerprint density at radius 3 is 0.812 bits per heavy atom. The van der Waals surface area contributed by atoms with E-state index in [0.29, 0.717) is 12.8 Å². The Balaban J connectivity index is -0.0000101. The minimum absolute atomic E-state index is 0. The monoisotopic (exact) mass is 697 g/mol. The van der Waals surface area contributed by atoms with E-state index in [1.54, 1.807) is 0 Å². The molecule has 0 aliphatic carbocycles. The van der Waals surface area contributed by atoms with Crippen LogP contribution in [0.15, 0.2) is 0 Å². The van der Waals surface area contributed by atoms with Gasteiger partial charge >= 0.3 is 59.1 Å². The third-order valence-electron chi connectivity index (χ3n) is 9.01. The predicted octanol–water partition coefficient (Wildman–Crippen LogP) is 1.11. The molecule has 10 heteroatoms. The molecule has 8 nitrogen and oxygen atoms in total. The van der Waals surface area contributed by atoms with Gasteiger partial charge in [-0.3, -0.25) is 9.59 Å². The largest absolute Gasteiger partial charge is 1.00 e. The second-order valence-corrected chi connectivity index (χ2v) is 13.3. The zero-order valence-electron chi connectivity index (χ0n) is 32.0. The fraction of sp³-hybridized carbons (Fsp3) is 0.895. The molecule has 0 heterocycles. The van der Waals surface area contributed by atoms with Gasteiger partial charge in [0.15, 0.2) is 0 Å². The molecular weight excluding hydrogens is 626 g/mol. The Labute approximate surface area is 339 Å². The van der Waals surface area contributed by atoms with Crippen LogP contribution in [-0.2, 0) is 19.2 Å². The van der Waals surface area contributed by atoms with Crippen molar-refractivity contribution in [1.29, 1.82) is 0 Å². The van der Waals surface area contributed by atoms with Crippen molar-refractivity contribution in [3.05, 3.63) is 0 Å². The third kappa shape index (κ3) is 35.7. The van der Waals surface area contributed by atoms with Crippen molar-refractivity contribution in [1.82, 2.24) is 9.80 Å². The van der Waals surface area contributed by atoms with E-state index in [9.17, 15) is 29.4 Å². The number of unbranched alkanes of at least 4 members (excludes halogenated alkanes) is 22. The summed E-state index contributed by atoms with van der Waals surface area (Å²) < 4.78 is 0. The average Bonchev–Trinajstić information content (AvgIpc) is 3.02. The standard InChI is InChI=1S/C38H72N2O6.2Na/c1-3-5-7-9-11-13-15-17-19-21-23-25-27-35(41)39(31-29-37(43)44)33-34-40(32-30-38(45)46)36(42)28-26-24-22-20-18-16-14-12-10-8-6-4-2;;/h3-34H2,1-2H3,(H,43,44)(H,45,46);;/q;2*+1/p-2. The molecule has 270 valence electrons. The van der Waals surface area contributed by atoms with Crippen molar-refractivity contribution in [3.63, 3.8) is 0 Å². The quantitative estimate of drug-likeness (QED) is 0.0724. The van der Waals surface area contributed by atoms with Gasteiger partial charge in [0.25, 0.3) is 0 Å². The molecule has 0 aliphatic heterocycles. The van der Waals surface area contributed by atoms with Crippen molar-refractivity contribution in [2.24, 2.45) is 0 Å². The Bertz CT molecular complexity index is 709. The van der Waals surface area contributed by atoms with Crippen LogP contribution in [0.2, 0.25) is 0 Å². The number of carbonyl (C=O) groups is 4. The molecule has 2 amide bonds. The van der Waals surface area contributed by atoms with Gasteiger partial charge in [-0.25, -0.2) is 0 Å². The van der Waals surface area contributed by atoms with Crippen LogP contribution in [0.4, 0.5) is 0 Å². The number of aliphatic carboxylic acids is 2. The number of rotatable bonds is 35. The van der Waals surface area contributed by atoms with E-state index in [0.717, 1.165) is 38.5 Å². The van der Waals surface area contributed by atoms with E-state index in [1.807, 2.05) is 0 Å². The molecule has 0 rings (SSSR count). The van der Waals surface area contributed by atoms with Crippen molar-refractivity contribution in [2.45, 2.75) is 194 Å². The van der Waals surface area contributed by atoms with E-state index < -0.39 is 11.9 Å². The molecule has 0 N–H and O–H groups in total. The first-order chi connectivity index (χ1) is 22.3. The molecule has 0 saturated heterocycles. The van der Waals surface area contributed by atoms with Crippen molar-refractivity contribution in [3.8, 4) is 0 Å². The summed E-state index contributed by atoms with van der Waals surface area (Å²) >= 11 is 0. The molecule has 0 aromatic carbocycles. The van der Waals surface area contributed by atoms with Crippen LogP contribution in [0.1, 0.15) is 194 Å². The van der Waals surface area contributed by atoms with Gasteiger partial charge in [-0.15, -0.1) is 0 Å². The first-order valence-corrected chi connectivity index (χ1v) is 19.3. The topological polar surface area (TPSA) is 121 Å². The number of amides is 2. The fourth-order valence-electron chi connectivity index (χ4n) is 5.97. The minimum atomic E-state index is -1.22.